The van der Waals surface area contributed by atoms with Crippen molar-refractivity contribution in [2.24, 2.45) is 0 Å². The van der Waals surface area contributed by atoms with E-state index in [0.29, 0.717) is 53.3 Å². The van der Waals surface area contributed by atoms with E-state index in [9.17, 15) is 38.3 Å². The van der Waals surface area contributed by atoms with E-state index in [1.165, 1.54) is 28.5 Å². The summed E-state index contributed by atoms with van der Waals surface area (Å²) in [6, 6.07) is 12.4. The largest absolute Gasteiger partial charge is 0.508 e. The van der Waals surface area contributed by atoms with Crippen LogP contribution in [0.1, 0.15) is 93.2 Å². The molecular weight excluding hydrogens is 882 g/mol. The van der Waals surface area contributed by atoms with Gasteiger partial charge in [0.05, 0.1) is 16.7 Å². The van der Waals surface area contributed by atoms with Gasteiger partial charge in [0.25, 0.3) is 23.6 Å². The second-order valence-corrected chi connectivity index (χ2v) is 18.5. The molecule has 17 nitrogen and oxygen atoms in total. The lowest BCUT2D eigenvalue weighted by Crippen LogP contribution is -2.54. The number of aromatic nitrogens is 1. The van der Waals surface area contributed by atoms with Crippen LogP contribution in [0.3, 0.4) is 0 Å². The second kappa shape index (κ2) is 20.3. The number of carbonyl (C=O) groups excluding carboxylic acids is 6. The molecule has 4 N–H and O–H groups in total. The number of ether oxygens (including phenoxy) is 1. The predicted octanol–water partition coefficient (Wildman–Crippen LogP) is 4.61. The number of piperazine rings is 1. The molecular formula is C48H54FN9O8S. The normalized spacial score (nSPS) is 19.7. The van der Waals surface area contributed by atoms with Gasteiger partial charge in [-0.3, -0.25) is 49.2 Å². The van der Waals surface area contributed by atoms with Crippen molar-refractivity contribution in [2.75, 3.05) is 81.1 Å². The zero-order valence-corrected chi connectivity index (χ0v) is 37.9. The maximum atomic E-state index is 14.4. The highest BCUT2D eigenvalue weighted by Gasteiger charge is 2.45. The number of nitrogens with zero attached hydrogens (tertiary/aromatic N) is 6. The number of imide groups is 2. The number of rotatable bonds is 17. The Bertz CT molecular complexity index is 2530. The monoisotopic (exact) mass is 935 g/mol. The number of aromatic hydroxyl groups is 1. The lowest BCUT2D eigenvalue weighted by atomic mass is 10.0. The maximum absolute atomic E-state index is 14.4. The number of fused-ring (bicyclic) bond motifs is 2. The highest BCUT2D eigenvalue weighted by atomic mass is 32.1. The van der Waals surface area contributed by atoms with Crippen LogP contribution in [0.4, 0.5) is 20.9 Å². The number of thiazole rings is 1. The third kappa shape index (κ3) is 9.91. The van der Waals surface area contributed by atoms with Gasteiger partial charge in [-0.1, -0.05) is 12.1 Å². The molecule has 5 aliphatic heterocycles. The summed E-state index contributed by atoms with van der Waals surface area (Å²) < 4.78 is 20.4. The summed E-state index contributed by atoms with van der Waals surface area (Å²) in [4.78, 5) is 92.0. The van der Waals surface area contributed by atoms with Crippen molar-refractivity contribution in [3.8, 4) is 5.75 Å². The molecule has 352 valence electrons. The molecule has 19 heteroatoms. The Morgan fingerprint density at radius 2 is 1.69 bits per heavy atom. The number of nitrogens with one attached hydrogen (secondary N) is 3. The quantitative estimate of drug-likeness (QED) is 0.0848. The Kier molecular flexibility index (Phi) is 13.9. The van der Waals surface area contributed by atoms with Gasteiger partial charge in [-0.05, 0) is 99.6 Å². The summed E-state index contributed by atoms with van der Waals surface area (Å²) in [5.41, 5.74) is 3.28. The summed E-state index contributed by atoms with van der Waals surface area (Å²) in [7, 11) is 0. The van der Waals surface area contributed by atoms with Crippen LogP contribution >= 0.6 is 11.3 Å². The molecule has 2 atom stereocenters. The van der Waals surface area contributed by atoms with E-state index in [1.807, 2.05) is 24.3 Å². The van der Waals surface area contributed by atoms with Gasteiger partial charge in [-0.25, -0.2) is 9.37 Å². The van der Waals surface area contributed by atoms with E-state index < -0.39 is 53.3 Å². The van der Waals surface area contributed by atoms with E-state index in [-0.39, 0.29) is 30.7 Å². The zero-order valence-electron chi connectivity index (χ0n) is 37.1. The van der Waals surface area contributed by atoms with Gasteiger partial charge in [0.15, 0.2) is 5.13 Å². The number of likely N-dealkylation sites (tertiary alicyclic amines) is 1. The molecule has 1 aromatic heterocycles. The molecule has 6 heterocycles. The third-order valence-corrected chi connectivity index (χ3v) is 14.1. The maximum Gasteiger partial charge on any atom is 0.262 e. The van der Waals surface area contributed by atoms with Crippen molar-refractivity contribution in [1.82, 2.24) is 29.9 Å². The summed E-state index contributed by atoms with van der Waals surface area (Å²) in [6.45, 7) is 8.52. The van der Waals surface area contributed by atoms with Crippen LogP contribution < -0.4 is 20.9 Å². The molecule has 3 fully saturated rings. The Labute approximate surface area is 391 Å². The van der Waals surface area contributed by atoms with E-state index in [0.717, 1.165) is 106 Å². The molecule has 4 aromatic rings. The second-order valence-electron chi connectivity index (χ2n) is 17.6. The standard InChI is InChI=1S/C48H54FN9O8S/c49-31-7-11-39(59)36(27-31)42(44(62)53-48-51-16-26-67-48)57-29-30-5-3-6-37(41(30)47(57)65)50-15-1-2-24-66-25-4-17-54-18-13-32(14-19-54)55-20-22-56(23-21-55)33-8-9-34-35(28-33)46(64)58(45(34)63)38-10-12-40(60)52-43(38)61/h3,5-9,11,16,26-28,32,38,42,50,59H,1-2,4,10,12-15,17-25,29H2,(H,51,53,62)(H,52,60,61). The van der Waals surface area contributed by atoms with Crippen LogP contribution in [0.25, 0.3) is 0 Å². The Hall–Kier alpha value is -6.28. The first-order valence-electron chi connectivity index (χ1n) is 23.0. The van der Waals surface area contributed by atoms with Gasteiger partial charge in [0.2, 0.25) is 11.8 Å². The van der Waals surface area contributed by atoms with Crippen molar-refractivity contribution in [2.45, 2.75) is 69.6 Å². The van der Waals surface area contributed by atoms with Crippen LogP contribution in [-0.4, -0.2) is 143 Å². The molecule has 2 unspecified atom stereocenters. The number of hydrogen-bond acceptors (Lipinski definition) is 14. The zero-order chi connectivity index (χ0) is 46.6. The van der Waals surface area contributed by atoms with Crippen molar-refractivity contribution in [1.29, 1.82) is 0 Å². The summed E-state index contributed by atoms with van der Waals surface area (Å²) in [5.74, 6) is -3.94. The first-order valence-corrected chi connectivity index (χ1v) is 23.9. The summed E-state index contributed by atoms with van der Waals surface area (Å²) in [6.07, 6.45) is 6.57. The van der Waals surface area contributed by atoms with Crippen LogP contribution in [0.15, 0.2) is 66.2 Å². The molecule has 3 aromatic carbocycles. The van der Waals surface area contributed by atoms with Crippen molar-refractivity contribution in [3.63, 3.8) is 0 Å². The summed E-state index contributed by atoms with van der Waals surface area (Å²) >= 11 is 1.21. The van der Waals surface area contributed by atoms with E-state index in [1.54, 1.807) is 17.5 Å². The van der Waals surface area contributed by atoms with Crippen LogP contribution in [0.2, 0.25) is 0 Å². The number of phenolic OH excluding ortho intramolecular Hbond substituents is 1. The SMILES string of the molecule is O=C1CCC(N2C(=O)c3ccc(N4CCN(C5CCN(CCCOCCCCNc6cccc7c6C(=O)N(C(C(=O)Nc6nccs6)c6cc(F)ccc6O)C7)CC5)CC4)cc3C2=O)C(=O)N1. The fourth-order valence-corrected chi connectivity index (χ4v) is 10.5. The molecule has 0 aliphatic carbocycles. The van der Waals surface area contributed by atoms with Gasteiger partial charge in [0.1, 0.15) is 23.7 Å². The Morgan fingerprint density at radius 1 is 0.896 bits per heavy atom. The highest BCUT2D eigenvalue weighted by molar-refractivity contribution is 7.13. The minimum absolute atomic E-state index is 0.0154. The number of unbranched alkanes of at least 4 members (excludes halogenated alkanes) is 1. The van der Waals surface area contributed by atoms with Crippen molar-refractivity contribution >= 4 is 63.3 Å². The number of anilines is 3. The fraction of sp³-hybridized carbons (Fsp3) is 0.438. The Morgan fingerprint density at radius 3 is 2.46 bits per heavy atom. The number of amides is 6. The van der Waals surface area contributed by atoms with Crippen LogP contribution in [0, 0.1) is 5.82 Å². The molecule has 5 aliphatic rings. The molecule has 0 bridgehead atoms. The lowest BCUT2D eigenvalue weighted by molar-refractivity contribution is -0.136. The van der Waals surface area contributed by atoms with Gasteiger partial charge in [0, 0.05) is 100 Å². The molecule has 0 spiro atoms. The molecule has 67 heavy (non-hydrogen) atoms. The molecule has 9 rings (SSSR count). The number of piperidine rings is 2. The molecule has 3 saturated heterocycles. The number of benzene rings is 3. The molecule has 6 amide bonds. The smallest absolute Gasteiger partial charge is 0.262 e. The average Bonchev–Trinajstić information content (AvgIpc) is 4.03. The Balaban J connectivity index is 0.661. The lowest BCUT2D eigenvalue weighted by Gasteiger charge is -2.43. The minimum Gasteiger partial charge on any atom is -0.508 e. The summed E-state index contributed by atoms with van der Waals surface area (Å²) in [5, 5.41) is 21.0. The van der Waals surface area contributed by atoms with E-state index in [4.69, 9.17) is 4.74 Å². The number of carbonyl (C=O) groups is 6. The van der Waals surface area contributed by atoms with E-state index in [2.05, 4.69) is 35.6 Å². The van der Waals surface area contributed by atoms with Crippen molar-refractivity contribution in [3.05, 3.63) is 99.8 Å². The van der Waals surface area contributed by atoms with Gasteiger partial charge < -0.3 is 29.9 Å². The first-order chi connectivity index (χ1) is 32.5. The topological polar surface area (TPSA) is 197 Å². The first kappa shape index (κ1) is 45.9. The number of phenols is 1. The molecule has 0 radical (unpaired) electrons. The predicted molar refractivity (Wildman–Crippen MR) is 247 cm³/mol. The molecule has 0 saturated carbocycles. The van der Waals surface area contributed by atoms with Gasteiger partial charge >= 0.3 is 0 Å². The number of hydrogen-bond donors (Lipinski definition) is 4. The van der Waals surface area contributed by atoms with Gasteiger partial charge in [-0.15, -0.1) is 11.3 Å². The fourth-order valence-electron chi connectivity index (χ4n) is 9.95. The van der Waals surface area contributed by atoms with Crippen LogP contribution in [0.5, 0.6) is 5.75 Å². The number of halogens is 1. The highest BCUT2D eigenvalue weighted by Crippen LogP contribution is 2.39. The third-order valence-electron chi connectivity index (χ3n) is 13.4. The minimum atomic E-state index is -1.30. The van der Waals surface area contributed by atoms with E-state index >= 15 is 0 Å². The van der Waals surface area contributed by atoms with Crippen LogP contribution in [-0.2, 0) is 25.7 Å². The van der Waals surface area contributed by atoms with Gasteiger partial charge in [-0.2, -0.15) is 0 Å². The average molecular weight is 936 g/mol. The van der Waals surface area contributed by atoms with Crippen molar-refractivity contribution < 1.29 is 43.0 Å².